The minimum atomic E-state index is -4.52. The summed E-state index contributed by atoms with van der Waals surface area (Å²) >= 11 is 0. The minimum Gasteiger partial charge on any atom is -0.284 e. The van der Waals surface area contributed by atoms with Crippen molar-refractivity contribution in [1.82, 2.24) is 4.47 Å². The van der Waals surface area contributed by atoms with Gasteiger partial charge in [-0.25, -0.2) is 8.42 Å². The number of hydrogen-bond donors (Lipinski definition) is 0. The van der Waals surface area contributed by atoms with E-state index in [1.165, 1.54) is 0 Å². The Bertz CT molecular complexity index is 235. The maximum atomic E-state index is 11.9. The van der Waals surface area contributed by atoms with Crippen LogP contribution in [0.1, 0.15) is 12.8 Å². The van der Waals surface area contributed by atoms with Gasteiger partial charge in [-0.3, -0.25) is 4.84 Å². The Morgan fingerprint density at radius 3 is 2.42 bits per heavy atom. The van der Waals surface area contributed by atoms with Crippen LogP contribution in [0.5, 0.6) is 0 Å². The fourth-order valence-corrected chi connectivity index (χ4v) is 1.65. The highest BCUT2D eigenvalue weighted by molar-refractivity contribution is 7.89. The average Bonchev–Trinajstić information content (AvgIpc) is 2.06. The molecule has 0 aliphatic carbocycles. The maximum Gasteiger partial charge on any atom is 0.352 e. The molecule has 1 saturated heterocycles. The number of alkyl halides is 2. The summed E-state index contributed by atoms with van der Waals surface area (Å²) in [6, 6.07) is 0. The molecule has 7 heteroatoms. The van der Waals surface area contributed by atoms with Crippen molar-refractivity contribution < 1.29 is 22.0 Å². The largest absolute Gasteiger partial charge is 0.352 e. The molecule has 0 amide bonds. The maximum absolute atomic E-state index is 11.9. The predicted octanol–water partition coefficient (Wildman–Crippen LogP) is 0.566. The summed E-state index contributed by atoms with van der Waals surface area (Å²) in [5.41, 5.74) is 0. The van der Waals surface area contributed by atoms with Crippen LogP contribution in [0.15, 0.2) is 0 Å². The van der Waals surface area contributed by atoms with Crippen LogP contribution in [0.25, 0.3) is 0 Å². The first-order valence-corrected chi connectivity index (χ1v) is 4.98. The Hall–Kier alpha value is -0.270. The molecule has 12 heavy (non-hydrogen) atoms. The zero-order valence-electron chi connectivity index (χ0n) is 6.24. The molecule has 0 radical (unpaired) electrons. The second-order valence-corrected chi connectivity index (χ2v) is 4.17. The average molecular weight is 201 g/mol. The second kappa shape index (κ2) is 3.63. The van der Waals surface area contributed by atoms with Crippen molar-refractivity contribution in [2.75, 3.05) is 13.2 Å². The molecular weight excluding hydrogens is 192 g/mol. The first-order chi connectivity index (χ1) is 5.55. The monoisotopic (exact) mass is 201 g/mol. The third kappa shape index (κ3) is 1.90. The fraction of sp³-hybridized carbons (Fsp3) is 1.00. The lowest BCUT2D eigenvalue weighted by atomic mass is 10.3. The van der Waals surface area contributed by atoms with Gasteiger partial charge < -0.3 is 0 Å². The van der Waals surface area contributed by atoms with E-state index >= 15 is 0 Å². The fourth-order valence-electron chi connectivity index (χ4n) is 0.863. The van der Waals surface area contributed by atoms with Gasteiger partial charge in [-0.1, -0.05) is 4.47 Å². The molecular formula is C5H9F2NO3S. The van der Waals surface area contributed by atoms with E-state index in [1.807, 2.05) is 0 Å². The van der Waals surface area contributed by atoms with Crippen LogP contribution in [0, 0.1) is 0 Å². The smallest absolute Gasteiger partial charge is 0.284 e. The van der Waals surface area contributed by atoms with Crippen LogP contribution < -0.4 is 0 Å². The second-order valence-electron chi connectivity index (χ2n) is 2.37. The summed E-state index contributed by atoms with van der Waals surface area (Å²) in [5, 5.41) is 0. The molecule has 0 bridgehead atoms. The summed E-state index contributed by atoms with van der Waals surface area (Å²) in [4.78, 5) is 4.57. The first-order valence-electron chi connectivity index (χ1n) is 3.48. The molecule has 72 valence electrons. The van der Waals surface area contributed by atoms with Gasteiger partial charge in [0.15, 0.2) is 0 Å². The van der Waals surface area contributed by atoms with Crippen molar-refractivity contribution >= 4 is 10.0 Å². The molecule has 0 atom stereocenters. The highest BCUT2D eigenvalue weighted by Gasteiger charge is 2.33. The molecule has 1 aliphatic heterocycles. The third-order valence-electron chi connectivity index (χ3n) is 1.48. The molecule has 0 aromatic carbocycles. The van der Waals surface area contributed by atoms with Crippen LogP contribution >= 0.6 is 0 Å². The zero-order valence-corrected chi connectivity index (χ0v) is 7.06. The third-order valence-corrected chi connectivity index (χ3v) is 2.79. The van der Waals surface area contributed by atoms with Gasteiger partial charge in [0.1, 0.15) is 0 Å². The minimum absolute atomic E-state index is 0.0205. The van der Waals surface area contributed by atoms with Gasteiger partial charge in [0.25, 0.3) is 10.0 Å². The topological polar surface area (TPSA) is 46.6 Å². The van der Waals surface area contributed by atoms with Gasteiger partial charge in [-0.2, -0.15) is 8.78 Å². The summed E-state index contributed by atoms with van der Waals surface area (Å²) in [5.74, 6) is -3.39. The molecule has 0 N–H and O–H groups in total. The standard InChI is InChI=1S/C5H9F2NO3S/c6-5(7)12(9,10)8-3-1-2-4-11-8/h5H,1-4H2. The van der Waals surface area contributed by atoms with E-state index in [0.29, 0.717) is 17.3 Å². The lowest BCUT2D eigenvalue weighted by molar-refractivity contribution is -0.112. The van der Waals surface area contributed by atoms with E-state index in [-0.39, 0.29) is 13.2 Å². The van der Waals surface area contributed by atoms with Gasteiger partial charge in [-0.05, 0) is 12.8 Å². The molecule has 0 saturated carbocycles. The van der Waals surface area contributed by atoms with Crippen molar-refractivity contribution in [3.63, 3.8) is 0 Å². The Morgan fingerprint density at radius 1 is 1.33 bits per heavy atom. The molecule has 1 fully saturated rings. The van der Waals surface area contributed by atoms with Gasteiger partial charge in [0, 0.05) is 6.54 Å². The quantitative estimate of drug-likeness (QED) is 0.656. The summed E-state index contributed by atoms with van der Waals surface area (Å²) < 4.78 is 45.6. The van der Waals surface area contributed by atoms with Crippen LogP contribution in [0.2, 0.25) is 0 Å². The molecule has 0 spiro atoms. The Kier molecular flexibility index (Phi) is 2.97. The molecule has 1 rings (SSSR count). The summed E-state index contributed by atoms with van der Waals surface area (Å²) in [7, 11) is -4.52. The molecule has 0 unspecified atom stereocenters. The van der Waals surface area contributed by atoms with E-state index < -0.39 is 15.8 Å². The number of sulfonamides is 1. The summed E-state index contributed by atoms with van der Waals surface area (Å²) in [6.45, 7) is 0.207. The SMILES string of the molecule is O=S(=O)(C(F)F)N1CCCCO1. The normalized spacial score (nSPS) is 21.6. The van der Waals surface area contributed by atoms with Gasteiger partial charge in [0.2, 0.25) is 0 Å². The number of hydrogen-bond acceptors (Lipinski definition) is 3. The molecule has 1 aliphatic rings. The van der Waals surface area contributed by atoms with Gasteiger partial charge in [0.05, 0.1) is 6.61 Å². The van der Waals surface area contributed by atoms with Crippen LogP contribution in [0.3, 0.4) is 0 Å². The van der Waals surface area contributed by atoms with Crippen molar-refractivity contribution in [3.05, 3.63) is 0 Å². The Balaban J connectivity index is 2.67. The highest BCUT2D eigenvalue weighted by atomic mass is 32.2. The van der Waals surface area contributed by atoms with Crippen molar-refractivity contribution in [1.29, 1.82) is 0 Å². The molecule has 0 aromatic heterocycles. The van der Waals surface area contributed by atoms with Crippen molar-refractivity contribution in [3.8, 4) is 0 Å². The van der Waals surface area contributed by atoms with Crippen molar-refractivity contribution in [2.24, 2.45) is 0 Å². The van der Waals surface area contributed by atoms with E-state index in [2.05, 4.69) is 4.84 Å². The highest BCUT2D eigenvalue weighted by Crippen LogP contribution is 2.16. The van der Waals surface area contributed by atoms with Crippen LogP contribution in [-0.2, 0) is 14.9 Å². The zero-order chi connectivity index (χ0) is 9.19. The molecule has 1 heterocycles. The molecule has 4 nitrogen and oxygen atoms in total. The van der Waals surface area contributed by atoms with Crippen molar-refractivity contribution in [2.45, 2.75) is 18.6 Å². The first kappa shape index (κ1) is 9.82. The lowest BCUT2D eigenvalue weighted by Gasteiger charge is -2.24. The Morgan fingerprint density at radius 2 is 2.00 bits per heavy atom. The van der Waals surface area contributed by atoms with Gasteiger partial charge >= 0.3 is 5.76 Å². The van der Waals surface area contributed by atoms with E-state index in [1.54, 1.807) is 0 Å². The van der Waals surface area contributed by atoms with E-state index in [4.69, 9.17) is 0 Å². The molecule has 0 aromatic rings. The number of hydroxylamine groups is 1. The summed E-state index contributed by atoms with van der Waals surface area (Å²) in [6.07, 6.45) is 1.27. The number of nitrogens with zero attached hydrogens (tertiary/aromatic N) is 1. The number of halogens is 2. The number of rotatable bonds is 2. The Labute approximate surface area is 69.1 Å². The predicted molar refractivity (Wildman–Crippen MR) is 36.8 cm³/mol. The lowest BCUT2D eigenvalue weighted by Crippen LogP contribution is -2.38. The van der Waals surface area contributed by atoms with Crippen LogP contribution in [0.4, 0.5) is 8.78 Å². The van der Waals surface area contributed by atoms with Gasteiger partial charge in [-0.15, -0.1) is 0 Å². The van der Waals surface area contributed by atoms with E-state index in [9.17, 15) is 17.2 Å². The van der Waals surface area contributed by atoms with E-state index in [0.717, 1.165) is 0 Å². The van der Waals surface area contributed by atoms with Crippen LogP contribution in [-0.4, -0.2) is 31.8 Å².